The summed E-state index contributed by atoms with van der Waals surface area (Å²) in [6, 6.07) is 6.00. The molecule has 2 heteroatoms. The van der Waals surface area contributed by atoms with Crippen molar-refractivity contribution in [2.45, 2.75) is 58.0 Å². The number of benzene rings is 1. The summed E-state index contributed by atoms with van der Waals surface area (Å²) in [5.74, 6) is 1.78. The van der Waals surface area contributed by atoms with Crippen LogP contribution in [-0.4, -0.2) is 11.4 Å². The zero-order valence-electron chi connectivity index (χ0n) is 12.7. The Morgan fingerprint density at radius 1 is 1.30 bits per heavy atom. The van der Waals surface area contributed by atoms with E-state index in [-0.39, 0.29) is 16.8 Å². The van der Waals surface area contributed by atoms with Crippen molar-refractivity contribution < 1.29 is 9.53 Å². The lowest BCUT2D eigenvalue weighted by atomic mass is 9.56. The normalized spacial score (nSPS) is 44.1. The summed E-state index contributed by atoms with van der Waals surface area (Å²) in [5, 5.41) is 0. The predicted octanol–water partition coefficient (Wildman–Crippen LogP) is 4.12. The Hall–Kier alpha value is -1.31. The number of hydrogen-bond donors (Lipinski definition) is 0. The standard InChI is InChI=1S/C18H22O2/c1-11(19)12-5-6-15-14(9-12)17(3)16(2)8-7-13(10-16)18(17,4)20-15/h5-6,9,13H,7-8,10H2,1-4H3. The molecule has 1 aromatic carbocycles. The molecule has 2 aliphatic carbocycles. The summed E-state index contributed by atoms with van der Waals surface area (Å²) in [5.41, 5.74) is 2.30. The zero-order valence-corrected chi connectivity index (χ0v) is 12.7. The maximum absolute atomic E-state index is 11.7. The van der Waals surface area contributed by atoms with E-state index in [9.17, 15) is 4.79 Å². The molecule has 0 amide bonds. The van der Waals surface area contributed by atoms with Crippen molar-refractivity contribution in [1.82, 2.24) is 0 Å². The highest BCUT2D eigenvalue weighted by molar-refractivity contribution is 5.94. The van der Waals surface area contributed by atoms with Crippen molar-refractivity contribution >= 4 is 5.78 Å². The van der Waals surface area contributed by atoms with Crippen LogP contribution in [0.5, 0.6) is 5.75 Å². The Labute approximate surface area is 120 Å². The highest BCUT2D eigenvalue weighted by Gasteiger charge is 2.73. The third-order valence-electron chi connectivity index (χ3n) is 6.97. The first kappa shape index (κ1) is 12.4. The fraction of sp³-hybridized carbons (Fsp3) is 0.611. The monoisotopic (exact) mass is 270 g/mol. The quantitative estimate of drug-likeness (QED) is 0.718. The average molecular weight is 270 g/mol. The van der Waals surface area contributed by atoms with Crippen LogP contribution in [0.1, 0.15) is 62.9 Å². The molecule has 0 saturated heterocycles. The second-order valence-electron chi connectivity index (χ2n) is 7.60. The van der Waals surface area contributed by atoms with Gasteiger partial charge in [-0.2, -0.15) is 0 Å². The van der Waals surface area contributed by atoms with Gasteiger partial charge in [0.25, 0.3) is 0 Å². The van der Waals surface area contributed by atoms with Gasteiger partial charge in [-0.1, -0.05) is 13.8 Å². The molecule has 4 unspecified atom stereocenters. The van der Waals surface area contributed by atoms with Gasteiger partial charge < -0.3 is 4.74 Å². The van der Waals surface area contributed by atoms with Crippen LogP contribution in [0, 0.1) is 11.3 Å². The summed E-state index contributed by atoms with van der Waals surface area (Å²) in [7, 11) is 0. The van der Waals surface area contributed by atoms with Crippen LogP contribution in [0.15, 0.2) is 18.2 Å². The van der Waals surface area contributed by atoms with Crippen LogP contribution in [-0.2, 0) is 5.41 Å². The Bertz CT molecular complexity index is 634. The minimum atomic E-state index is -0.0995. The molecule has 0 spiro atoms. The lowest BCUT2D eigenvalue weighted by Gasteiger charge is -2.48. The van der Waals surface area contributed by atoms with Gasteiger partial charge in [0.1, 0.15) is 11.4 Å². The van der Waals surface area contributed by atoms with Gasteiger partial charge in [-0.3, -0.25) is 4.79 Å². The fourth-order valence-electron chi connectivity index (χ4n) is 5.41. The van der Waals surface area contributed by atoms with Gasteiger partial charge >= 0.3 is 0 Å². The van der Waals surface area contributed by atoms with E-state index in [0.717, 1.165) is 11.3 Å². The second-order valence-corrected chi connectivity index (χ2v) is 7.60. The highest BCUT2D eigenvalue weighted by Crippen LogP contribution is 2.73. The largest absolute Gasteiger partial charge is 0.486 e. The maximum Gasteiger partial charge on any atom is 0.159 e. The lowest BCUT2D eigenvalue weighted by molar-refractivity contribution is -0.0260. The Balaban J connectivity index is 1.97. The number of Topliss-reactive ketones (excluding diaryl/α,β-unsaturated/α-hetero) is 1. The van der Waals surface area contributed by atoms with Crippen LogP contribution >= 0.6 is 0 Å². The average Bonchev–Trinajstić information content (AvgIpc) is 2.95. The second kappa shape index (κ2) is 3.29. The van der Waals surface area contributed by atoms with E-state index in [2.05, 4.69) is 26.8 Å². The lowest BCUT2D eigenvalue weighted by Crippen LogP contribution is -2.54. The van der Waals surface area contributed by atoms with E-state index in [4.69, 9.17) is 4.74 Å². The minimum absolute atomic E-state index is 0.0315. The molecule has 2 nitrogen and oxygen atoms in total. The van der Waals surface area contributed by atoms with Gasteiger partial charge in [-0.25, -0.2) is 0 Å². The molecule has 0 N–H and O–H groups in total. The van der Waals surface area contributed by atoms with E-state index in [1.54, 1.807) is 6.92 Å². The van der Waals surface area contributed by atoms with Crippen molar-refractivity contribution in [2.75, 3.05) is 0 Å². The van der Waals surface area contributed by atoms with Gasteiger partial charge in [-0.15, -0.1) is 0 Å². The Morgan fingerprint density at radius 2 is 2.05 bits per heavy atom. The molecule has 2 saturated carbocycles. The molecular formula is C18H22O2. The summed E-state index contributed by atoms with van der Waals surface area (Å²) < 4.78 is 6.44. The smallest absolute Gasteiger partial charge is 0.159 e. The molecule has 0 radical (unpaired) electrons. The minimum Gasteiger partial charge on any atom is -0.486 e. The number of rotatable bonds is 1. The van der Waals surface area contributed by atoms with E-state index < -0.39 is 0 Å². The van der Waals surface area contributed by atoms with Crippen LogP contribution in [0.2, 0.25) is 0 Å². The first-order valence-electron chi connectivity index (χ1n) is 7.66. The molecule has 1 aliphatic heterocycles. The van der Waals surface area contributed by atoms with Crippen molar-refractivity contribution in [3.05, 3.63) is 29.3 Å². The van der Waals surface area contributed by atoms with Crippen molar-refractivity contribution in [3.63, 3.8) is 0 Å². The summed E-state index contributed by atoms with van der Waals surface area (Å²) >= 11 is 0. The molecule has 20 heavy (non-hydrogen) atoms. The molecular weight excluding hydrogens is 248 g/mol. The topological polar surface area (TPSA) is 26.3 Å². The number of fused-ring (bicyclic) bond motifs is 7. The molecule has 1 heterocycles. The third-order valence-corrected chi connectivity index (χ3v) is 6.97. The highest BCUT2D eigenvalue weighted by atomic mass is 16.5. The van der Waals surface area contributed by atoms with Gasteiger partial charge in [0.2, 0.25) is 0 Å². The number of ether oxygens (including phenoxy) is 1. The predicted molar refractivity (Wildman–Crippen MR) is 78.3 cm³/mol. The Morgan fingerprint density at radius 3 is 2.75 bits per heavy atom. The molecule has 1 aromatic rings. The number of hydrogen-bond acceptors (Lipinski definition) is 2. The summed E-state index contributed by atoms with van der Waals surface area (Å²) in [6.07, 6.45) is 3.80. The summed E-state index contributed by atoms with van der Waals surface area (Å²) in [4.78, 5) is 11.7. The number of carbonyl (C=O) groups is 1. The van der Waals surface area contributed by atoms with Crippen LogP contribution in [0.3, 0.4) is 0 Å². The first-order chi connectivity index (χ1) is 9.32. The van der Waals surface area contributed by atoms with Crippen LogP contribution in [0.25, 0.3) is 0 Å². The molecule has 3 aliphatic rings. The van der Waals surface area contributed by atoms with E-state index in [1.165, 1.54) is 24.8 Å². The molecule has 106 valence electrons. The van der Waals surface area contributed by atoms with Gasteiger partial charge in [0, 0.05) is 16.5 Å². The van der Waals surface area contributed by atoms with Crippen LogP contribution in [0.4, 0.5) is 0 Å². The zero-order chi connectivity index (χ0) is 14.3. The number of carbonyl (C=O) groups excluding carboxylic acids is 1. The van der Waals surface area contributed by atoms with E-state index in [1.807, 2.05) is 12.1 Å². The van der Waals surface area contributed by atoms with Crippen molar-refractivity contribution in [2.24, 2.45) is 11.3 Å². The van der Waals surface area contributed by atoms with Crippen molar-refractivity contribution in [1.29, 1.82) is 0 Å². The van der Waals surface area contributed by atoms with Gasteiger partial charge in [-0.05, 0) is 62.6 Å². The molecule has 2 bridgehead atoms. The Kier molecular flexibility index (Phi) is 2.05. The summed E-state index contributed by atoms with van der Waals surface area (Å²) in [6.45, 7) is 8.70. The maximum atomic E-state index is 11.7. The molecule has 2 fully saturated rings. The molecule has 4 atom stereocenters. The number of ketones is 1. The van der Waals surface area contributed by atoms with Crippen molar-refractivity contribution in [3.8, 4) is 5.75 Å². The van der Waals surface area contributed by atoms with Crippen LogP contribution < -0.4 is 4.74 Å². The molecule has 0 aromatic heterocycles. The third kappa shape index (κ3) is 1.08. The van der Waals surface area contributed by atoms with Gasteiger partial charge in [0.15, 0.2) is 5.78 Å². The first-order valence-corrected chi connectivity index (χ1v) is 7.66. The molecule has 4 rings (SSSR count). The van der Waals surface area contributed by atoms with E-state index >= 15 is 0 Å². The van der Waals surface area contributed by atoms with Gasteiger partial charge in [0.05, 0.1) is 0 Å². The fourth-order valence-corrected chi connectivity index (χ4v) is 5.41. The van der Waals surface area contributed by atoms with E-state index in [0.29, 0.717) is 11.3 Å². The SMILES string of the molecule is CC(=O)c1ccc2c(c1)C1(C)C3(C)CCC(C3)C1(C)O2.